The van der Waals surface area contributed by atoms with Crippen molar-refractivity contribution in [2.24, 2.45) is 5.41 Å². The molecule has 1 fully saturated rings. The average molecular weight is 233 g/mol. The molecule has 1 aromatic rings. The minimum atomic E-state index is -0.113. The number of ether oxygens (including phenoxy) is 1. The number of aliphatic hydroxyl groups is 1. The first-order valence-electron chi connectivity index (χ1n) is 5.87. The van der Waals surface area contributed by atoms with Crippen LogP contribution in [0.5, 0.6) is 5.75 Å². The van der Waals surface area contributed by atoms with Gasteiger partial charge in [-0.15, -0.1) is 0 Å². The Balaban J connectivity index is 1.83. The second-order valence-electron chi connectivity index (χ2n) is 5.00. The SMILES string of the molecule is O=C1COc2ccc(CC3(CO)CC3)cc2N1. The summed E-state index contributed by atoms with van der Waals surface area (Å²) in [5.74, 6) is 0.611. The van der Waals surface area contributed by atoms with Crippen LogP contribution in [0, 0.1) is 5.41 Å². The van der Waals surface area contributed by atoms with Crippen molar-refractivity contribution in [1.29, 1.82) is 0 Å². The Labute approximate surface area is 99.6 Å². The number of benzene rings is 1. The summed E-state index contributed by atoms with van der Waals surface area (Å²) in [6.07, 6.45) is 3.04. The summed E-state index contributed by atoms with van der Waals surface area (Å²) >= 11 is 0. The molecule has 4 heteroatoms. The molecule has 0 saturated heterocycles. The van der Waals surface area contributed by atoms with E-state index in [1.807, 2.05) is 18.2 Å². The van der Waals surface area contributed by atoms with E-state index >= 15 is 0 Å². The molecule has 0 atom stereocenters. The molecule has 0 bridgehead atoms. The standard InChI is InChI=1S/C13H15NO3/c15-8-13(3-4-13)6-9-1-2-11-10(5-9)14-12(16)7-17-11/h1-2,5,15H,3-4,6-8H2,(H,14,16). The van der Waals surface area contributed by atoms with Gasteiger partial charge in [-0.05, 0) is 42.4 Å². The Kier molecular flexibility index (Phi) is 2.33. The molecular formula is C13H15NO3. The highest BCUT2D eigenvalue weighted by Crippen LogP contribution is 2.48. The van der Waals surface area contributed by atoms with Crippen molar-refractivity contribution in [2.45, 2.75) is 19.3 Å². The largest absolute Gasteiger partial charge is 0.482 e. The molecule has 1 aliphatic heterocycles. The van der Waals surface area contributed by atoms with Crippen LogP contribution >= 0.6 is 0 Å². The summed E-state index contributed by atoms with van der Waals surface area (Å²) in [5.41, 5.74) is 1.97. The van der Waals surface area contributed by atoms with Crippen molar-refractivity contribution in [1.82, 2.24) is 0 Å². The van der Waals surface area contributed by atoms with Crippen molar-refractivity contribution < 1.29 is 14.6 Å². The zero-order valence-electron chi connectivity index (χ0n) is 9.53. The van der Waals surface area contributed by atoms with Crippen LogP contribution in [0.3, 0.4) is 0 Å². The summed E-state index contributed by atoms with van der Waals surface area (Å²) in [4.78, 5) is 11.2. The minimum Gasteiger partial charge on any atom is -0.482 e. The lowest BCUT2D eigenvalue weighted by atomic mass is 9.97. The van der Waals surface area contributed by atoms with Crippen LogP contribution in [0.4, 0.5) is 5.69 Å². The molecular weight excluding hydrogens is 218 g/mol. The zero-order chi connectivity index (χ0) is 11.9. The third-order valence-corrected chi connectivity index (χ3v) is 3.55. The molecule has 1 heterocycles. The highest BCUT2D eigenvalue weighted by atomic mass is 16.5. The Morgan fingerprint density at radius 3 is 2.94 bits per heavy atom. The monoisotopic (exact) mass is 233 g/mol. The van der Waals surface area contributed by atoms with Gasteiger partial charge in [0.15, 0.2) is 6.61 Å². The molecule has 0 spiro atoms. The first kappa shape index (κ1) is 10.6. The van der Waals surface area contributed by atoms with Gasteiger partial charge in [-0.1, -0.05) is 6.07 Å². The number of aliphatic hydroxyl groups excluding tert-OH is 1. The van der Waals surface area contributed by atoms with Crippen LogP contribution in [0.15, 0.2) is 18.2 Å². The fourth-order valence-corrected chi connectivity index (χ4v) is 2.24. The number of hydrogen-bond donors (Lipinski definition) is 2. The normalized spacial score (nSPS) is 20.2. The lowest BCUT2D eigenvalue weighted by Crippen LogP contribution is -2.25. The maximum atomic E-state index is 11.2. The molecule has 3 rings (SSSR count). The van der Waals surface area contributed by atoms with Gasteiger partial charge in [0.1, 0.15) is 5.75 Å². The number of carbonyl (C=O) groups is 1. The molecule has 2 N–H and O–H groups in total. The second-order valence-corrected chi connectivity index (χ2v) is 5.00. The molecule has 1 saturated carbocycles. The second kappa shape index (κ2) is 3.74. The lowest BCUT2D eigenvalue weighted by molar-refractivity contribution is -0.118. The van der Waals surface area contributed by atoms with Gasteiger partial charge < -0.3 is 15.2 Å². The van der Waals surface area contributed by atoms with E-state index in [0.717, 1.165) is 36.3 Å². The predicted molar refractivity (Wildman–Crippen MR) is 63.0 cm³/mol. The Hall–Kier alpha value is -1.55. The number of nitrogens with one attached hydrogen (secondary N) is 1. The summed E-state index contributed by atoms with van der Waals surface area (Å²) in [7, 11) is 0. The molecule has 17 heavy (non-hydrogen) atoms. The van der Waals surface area contributed by atoms with Gasteiger partial charge in [0, 0.05) is 6.61 Å². The average Bonchev–Trinajstić information content (AvgIpc) is 3.09. The quantitative estimate of drug-likeness (QED) is 0.828. The van der Waals surface area contributed by atoms with Crippen molar-refractivity contribution in [3.05, 3.63) is 23.8 Å². The Morgan fingerprint density at radius 1 is 1.41 bits per heavy atom. The summed E-state index contributed by atoms with van der Waals surface area (Å²) < 4.78 is 5.30. The molecule has 1 aromatic carbocycles. The Morgan fingerprint density at radius 2 is 2.24 bits per heavy atom. The predicted octanol–water partition coefficient (Wildman–Crippen LogP) is 1.33. The van der Waals surface area contributed by atoms with Crippen molar-refractivity contribution in [3.8, 4) is 5.75 Å². The van der Waals surface area contributed by atoms with E-state index in [2.05, 4.69) is 5.32 Å². The van der Waals surface area contributed by atoms with Gasteiger partial charge in [-0.25, -0.2) is 0 Å². The third kappa shape index (κ3) is 2.00. The number of rotatable bonds is 3. The third-order valence-electron chi connectivity index (χ3n) is 3.55. The van der Waals surface area contributed by atoms with E-state index in [0.29, 0.717) is 0 Å². The molecule has 2 aliphatic rings. The summed E-state index contributed by atoms with van der Waals surface area (Å²) in [5, 5.41) is 12.1. The first-order chi connectivity index (χ1) is 8.21. The maximum absolute atomic E-state index is 11.2. The van der Waals surface area contributed by atoms with Crippen molar-refractivity contribution >= 4 is 11.6 Å². The number of amides is 1. The number of fused-ring (bicyclic) bond motifs is 1. The van der Waals surface area contributed by atoms with Crippen LogP contribution in [0.25, 0.3) is 0 Å². The molecule has 0 radical (unpaired) electrons. The van der Waals surface area contributed by atoms with Gasteiger partial charge in [-0.3, -0.25) is 4.79 Å². The minimum absolute atomic E-state index is 0.0902. The molecule has 4 nitrogen and oxygen atoms in total. The van der Waals surface area contributed by atoms with Gasteiger partial charge in [0.05, 0.1) is 5.69 Å². The van der Waals surface area contributed by atoms with Gasteiger partial charge >= 0.3 is 0 Å². The van der Waals surface area contributed by atoms with Crippen LogP contribution in [0.2, 0.25) is 0 Å². The smallest absolute Gasteiger partial charge is 0.262 e. The lowest BCUT2D eigenvalue weighted by Gasteiger charge is -2.19. The fourth-order valence-electron chi connectivity index (χ4n) is 2.24. The fraction of sp³-hybridized carbons (Fsp3) is 0.462. The van der Waals surface area contributed by atoms with Crippen LogP contribution in [-0.4, -0.2) is 24.2 Å². The number of anilines is 1. The topological polar surface area (TPSA) is 58.6 Å². The van der Waals surface area contributed by atoms with E-state index in [1.54, 1.807) is 0 Å². The van der Waals surface area contributed by atoms with Crippen molar-refractivity contribution in [2.75, 3.05) is 18.5 Å². The highest BCUT2D eigenvalue weighted by molar-refractivity contribution is 5.95. The van der Waals surface area contributed by atoms with E-state index in [1.165, 1.54) is 0 Å². The van der Waals surface area contributed by atoms with Gasteiger partial charge in [0.25, 0.3) is 5.91 Å². The number of carbonyl (C=O) groups excluding carboxylic acids is 1. The molecule has 1 aliphatic carbocycles. The maximum Gasteiger partial charge on any atom is 0.262 e. The zero-order valence-corrected chi connectivity index (χ0v) is 9.53. The van der Waals surface area contributed by atoms with E-state index in [4.69, 9.17) is 4.74 Å². The van der Waals surface area contributed by atoms with Crippen LogP contribution in [0.1, 0.15) is 18.4 Å². The van der Waals surface area contributed by atoms with Gasteiger partial charge in [0.2, 0.25) is 0 Å². The molecule has 1 amide bonds. The van der Waals surface area contributed by atoms with Gasteiger partial charge in [-0.2, -0.15) is 0 Å². The van der Waals surface area contributed by atoms with E-state index in [9.17, 15) is 9.90 Å². The highest BCUT2D eigenvalue weighted by Gasteiger charge is 2.41. The number of hydrogen-bond acceptors (Lipinski definition) is 3. The summed E-state index contributed by atoms with van der Waals surface area (Å²) in [6.45, 7) is 0.333. The van der Waals surface area contributed by atoms with Crippen LogP contribution < -0.4 is 10.1 Å². The molecule has 0 aromatic heterocycles. The van der Waals surface area contributed by atoms with E-state index in [-0.39, 0.29) is 24.5 Å². The van der Waals surface area contributed by atoms with E-state index < -0.39 is 0 Å². The van der Waals surface area contributed by atoms with Crippen molar-refractivity contribution in [3.63, 3.8) is 0 Å². The Bertz CT molecular complexity index is 466. The first-order valence-corrected chi connectivity index (χ1v) is 5.87. The summed E-state index contributed by atoms with van der Waals surface area (Å²) in [6, 6.07) is 5.84. The molecule has 0 unspecified atom stereocenters. The van der Waals surface area contributed by atoms with Crippen LogP contribution in [-0.2, 0) is 11.2 Å². The molecule has 90 valence electrons.